The summed E-state index contributed by atoms with van der Waals surface area (Å²) < 4.78 is 1.31. The monoisotopic (exact) mass is 229 g/mol. The minimum absolute atomic E-state index is 0.977. The summed E-state index contributed by atoms with van der Waals surface area (Å²) in [6, 6.07) is 4.13. The van der Waals surface area contributed by atoms with Gasteiger partial charge < -0.3 is 5.73 Å². The van der Waals surface area contributed by atoms with Crippen LogP contribution in [0.15, 0.2) is 21.7 Å². The summed E-state index contributed by atoms with van der Waals surface area (Å²) in [5.41, 5.74) is 7.04. The van der Waals surface area contributed by atoms with Crippen molar-refractivity contribution in [2.45, 2.75) is 6.42 Å². The minimum Gasteiger partial charge on any atom is -0.396 e. The van der Waals surface area contributed by atoms with Crippen molar-refractivity contribution in [3.63, 3.8) is 0 Å². The zero-order chi connectivity index (χ0) is 9.10. The van der Waals surface area contributed by atoms with Crippen LogP contribution in [0.3, 0.4) is 0 Å². The van der Waals surface area contributed by atoms with Crippen molar-refractivity contribution in [3.8, 4) is 0 Å². The molecule has 2 rings (SSSR count). The lowest BCUT2D eigenvalue weighted by Crippen LogP contribution is -2.00. The van der Waals surface area contributed by atoms with Gasteiger partial charge in [0.2, 0.25) is 0 Å². The molecule has 1 fully saturated rings. The highest BCUT2D eigenvalue weighted by Crippen LogP contribution is 2.39. The second kappa shape index (κ2) is 4.44. The van der Waals surface area contributed by atoms with Crippen LogP contribution in [-0.4, -0.2) is 11.5 Å². The molecule has 0 spiro atoms. The second-order valence-corrected chi connectivity index (χ2v) is 6.15. The van der Waals surface area contributed by atoms with E-state index in [1.807, 2.05) is 29.6 Å². The molecule has 0 amide bonds. The first-order valence-corrected chi connectivity index (χ1v) is 7.02. The Hall–Kier alpha value is -0.0600. The van der Waals surface area contributed by atoms with Crippen LogP contribution in [0, 0.1) is 0 Å². The van der Waals surface area contributed by atoms with Gasteiger partial charge in [-0.1, -0.05) is 6.07 Å². The lowest BCUT2D eigenvalue weighted by atomic mass is 10.4. The second-order valence-electron chi connectivity index (χ2n) is 2.73. The fourth-order valence-electron chi connectivity index (χ4n) is 1.12. The third-order valence-corrected chi connectivity index (χ3v) is 5.32. The summed E-state index contributed by atoms with van der Waals surface area (Å²) in [4.78, 5) is 1.21. The molecule has 13 heavy (non-hydrogen) atoms. The first-order chi connectivity index (χ1) is 6.38. The number of hydrogen-bond acceptors (Lipinski definition) is 4. The molecule has 0 radical (unpaired) electrons. The smallest absolute Gasteiger partial charge is 0.0692 e. The highest BCUT2D eigenvalue weighted by molar-refractivity contribution is 8.23. The van der Waals surface area contributed by atoms with Crippen LogP contribution in [-0.2, 0) is 0 Å². The Kier molecular flexibility index (Phi) is 3.24. The van der Waals surface area contributed by atoms with Crippen LogP contribution < -0.4 is 5.73 Å². The predicted octanol–water partition coefficient (Wildman–Crippen LogP) is 3.20. The summed E-state index contributed by atoms with van der Waals surface area (Å²) in [5.74, 6) is 2.43. The molecular formula is C9H11NS3. The van der Waals surface area contributed by atoms with E-state index in [2.05, 4.69) is 11.4 Å². The van der Waals surface area contributed by atoms with Crippen molar-refractivity contribution in [1.29, 1.82) is 0 Å². The molecule has 1 aromatic rings. The van der Waals surface area contributed by atoms with Gasteiger partial charge in [0, 0.05) is 0 Å². The summed E-state index contributed by atoms with van der Waals surface area (Å²) in [5, 5.41) is 2.07. The SMILES string of the molecule is NC(=C1SCCCS1)c1cccs1. The van der Waals surface area contributed by atoms with Gasteiger partial charge in [0.15, 0.2) is 0 Å². The number of hydrogen-bond donors (Lipinski definition) is 1. The van der Waals surface area contributed by atoms with Gasteiger partial charge in [0.1, 0.15) is 0 Å². The molecule has 1 aromatic heterocycles. The first kappa shape index (κ1) is 9.49. The van der Waals surface area contributed by atoms with Gasteiger partial charge >= 0.3 is 0 Å². The van der Waals surface area contributed by atoms with Crippen LogP contribution in [0.5, 0.6) is 0 Å². The third-order valence-electron chi connectivity index (χ3n) is 1.76. The Morgan fingerprint density at radius 3 is 2.69 bits per heavy atom. The van der Waals surface area contributed by atoms with Crippen molar-refractivity contribution in [2.24, 2.45) is 5.73 Å². The lowest BCUT2D eigenvalue weighted by Gasteiger charge is -2.14. The Labute approximate surface area is 90.8 Å². The maximum absolute atomic E-state index is 6.06. The Morgan fingerprint density at radius 2 is 2.08 bits per heavy atom. The van der Waals surface area contributed by atoms with Crippen LogP contribution in [0.4, 0.5) is 0 Å². The molecule has 70 valence electrons. The van der Waals surface area contributed by atoms with Crippen LogP contribution in [0.2, 0.25) is 0 Å². The van der Waals surface area contributed by atoms with Crippen molar-refractivity contribution < 1.29 is 0 Å². The zero-order valence-corrected chi connectivity index (χ0v) is 9.60. The molecule has 1 aliphatic rings. The zero-order valence-electron chi connectivity index (χ0n) is 7.16. The van der Waals surface area contributed by atoms with E-state index >= 15 is 0 Å². The summed E-state index contributed by atoms with van der Waals surface area (Å²) in [7, 11) is 0. The fourth-order valence-corrected chi connectivity index (χ4v) is 4.43. The van der Waals surface area contributed by atoms with Crippen molar-refractivity contribution in [1.82, 2.24) is 0 Å². The molecule has 2 heterocycles. The van der Waals surface area contributed by atoms with E-state index in [1.54, 1.807) is 11.3 Å². The van der Waals surface area contributed by atoms with E-state index in [9.17, 15) is 0 Å². The highest BCUT2D eigenvalue weighted by Gasteiger charge is 2.12. The minimum atomic E-state index is 0.977. The Balaban J connectivity index is 2.22. The van der Waals surface area contributed by atoms with E-state index in [0.717, 1.165) is 5.70 Å². The van der Waals surface area contributed by atoms with Crippen molar-refractivity contribution >= 4 is 40.6 Å². The van der Waals surface area contributed by atoms with E-state index in [0.29, 0.717) is 0 Å². The largest absolute Gasteiger partial charge is 0.396 e. The van der Waals surface area contributed by atoms with E-state index in [4.69, 9.17) is 5.73 Å². The normalized spacial score (nSPS) is 17.4. The van der Waals surface area contributed by atoms with Crippen molar-refractivity contribution in [3.05, 3.63) is 26.6 Å². The topological polar surface area (TPSA) is 26.0 Å². The maximum atomic E-state index is 6.06. The van der Waals surface area contributed by atoms with Gasteiger partial charge in [-0.3, -0.25) is 0 Å². The molecule has 1 aliphatic heterocycles. The Bertz CT molecular complexity index is 295. The molecule has 0 unspecified atom stereocenters. The standard InChI is InChI=1S/C9H11NS3/c10-8(7-3-1-4-11-7)9-12-5-2-6-13-9/h1,3-4H,2,5-6,10H2. The lowest BCUT2D eigenvalue weighted by molar-refractivity contribution is 1.12. The summed E-state index contributed by atoms with van der Waals surface area (Å²) in [6.07, 6.45) is 1.30. The third kappa shape index (κ3) is 2.24. The van der Waals surface area contributed by atoms with Crippen molar-refractivity contribution in [2.75, 3.05) is 11.5 Å². The van der Waals surface area contributed by atoms with Crippen LogP contribution in [0.1, 0.15) is 11.3 Å². The van der Waals surface area contributed by atoms with E-state index < -0.39 is 0 Å². The molecule has 4 heteroatoms. The quantitative estimate of drug-likeness (QED) is 0.801. The number of thioether (sulfide) groups is 2. The first-order valence-electron chi connectivity index (χ1n) is 4.17. The average Bonchev–Trinajstić information content (AvgIpc) is 2.71. The number of rotatable bonds is 1. The maximum Gasteiger partial charge on any atom is 0.0692 e. The van der Waals surface area contributed by atoms with Gasteiger partial charge in [-0.25, -0.2) is 0 Å². The molecule has 0 saturated carbocycles. The molecular weight excluding hydrogens is 218 g/mol. The molecule has 0 aromatic carbocycles. The highest BCUT2D eigenvalue weighted by atomic mass is 32.2. The average molecular weight is 229 g/mol. The van der Waals surface area contributed by atoms with Crippen LogP contribution >= 0.6 is 34.9 Å². The molecule has 0 aliphatic carbocycles. The summed E-state index contributed by atoms with van der Waals surface area (Å²) >= 11 is 5.50. The van der Waals surface area contributed by atoms with Gasteiger partial charge in [0.25, 0.3) is 0 Å². The van der Waals surface area contributed by atoms with Crippen LogP contribution in [0.25, 0.3) is 5.70 Å². The van der Waals surface area contributed by atoms with E-state index in [1.165, 1.54) is 27.0 Å². The van der Waals surface area contributed by atoms with E-state index in [-0.39, 0.29) is 0 Å². The molecule has 1 saturated heterocycles. The summed E-state index contributed by atoms with van der Waals surface area (Å²) in [6.45, 7) is 0. The van der Waals surface area contributed by atoms with Gasteiger partial charge in [-0.2, -0.15) is 0 Å². The molecule has 0 bridgehead atoms. The van der Waals surface area contributed by atoms with Gasteiger partial charge in [0.05, 0.1) is 14.8 Å². The molecule has 2 N–H and O–H groups in total. The predicted molar refractivity (Wildman–Crippen MR) is 65.0 cm³/mol. The van der Waals surface area contributed by atoms with Gasteiger partial charge in [-0.15, -0.1) is 34.9 Å². The number of nitrogens with two attached hydrogens (primary N) is 1. The van der Waals surface area contributed by atoms with Gasteiger partial charge in [-0.05, 0) is 29.4 Å². The number of thiophene rings is 1. The molecule has 1 nitrogen and oxygen atoms in total. The fraction of sp³-hybridized carbons (Fsp3) is 0.333. The Morgan fingerprint density at radius 1 is 1.31 bits per heavy atom. The molecule has 0 atom stereocenters.